The smallest absolute Gasteiger partial charge is 0.186 e. The van der Waals surface area contributed by atoms with Crippen molar-refractivity contribution in [2.45, 2.75) is 11.8 Å². The first-order chi connectivity index (χ1) is 5.11. The van der Waals surface area contributed by atoms with Gasteiger partial charge < -0.3 is 4.55 Å². The quantitative estimate of drug-likeness (QED) is 0.544. The van der Waals surface area contributed by atoms with Gasteiger partial charge in [0.1, 0.15) is 5.82 Å². The maximum atomic E-state index is 12.5. The van der Waals surface area contributed by atoms with Gasteiger partial charge in [-0.1, -0.05) is 6.07 Å². The molecule has 5 heteroatoms. The Bertz CT molecular complexity index is 303. The van der Waals surface area contributed by atoms with Gasteiger partial charge >= 0.3 is 0 Å². The van der Waals surface area contributed by atoms with Crippen molar-refractivity contribution in [3.63, 3.8) is 0 Å². The maximum absolute atomic E-state index is 12.5. The topological polar surface area (TPSA) is 37.3 Å². The van der Waals surface area contributed by atoms with Crippen molar-refractivity contribution < 1.29 is 13.2 Å². The number of rotatable bonds is 1. The summed E-state index contributed by atoms with van der Waals surface area (Å²) in [6.45, 7) is 1.66. The molecule has 0 aliphatic rings. The molecule has 0 aliphatic carbocycles. The van der Waals surface area contributed by atoms with E-state index in [1.54, 1.807) is 6.92 Å². The van der Waals surface area contributed by atoms with Crippen LogP contribution in [0.3, 0.4) is 0 Å². The second-order valence-electron chi connectivity index (χ2n) is 2.16. The molecule has 1 unspecified atom stereocenters. The zero-order valence-corrected chi connectivity index (χ0v) is 9.69. The number of halogens is 1. The minimum absolute atomic E-state index is 0. The second-order valence-corrected chi connectivity index (χ2v) is 3.10. The Hall–Kier alpha value is 0.260. The molecule has 2 nitrogen and oxygen atoms in total. The number of benzene rings is 1. The van der Waals surface area contributed by atoms with E-state index in [1.807, 2.05) is 0 Å². The fraction of sp³-hybridized carbons (Fsp3) is 0.143. The van der Waals surface area contributed by atoms with Gasteiger partial charge in [0.2, 0.25) is 0 Å². The molecular formula is C7H7FNaO2S. The minimum Gasteiger partial charge on any atom is -0.302 e. The summed E-state index contributed by atoms with van der Waals surface area (Å²) in [5, 5.41) is 0. The largest absolute Gasteiger partial charge is 0.302 e. The van der Waals surface area contributed by atoms with Gasteiger partial charge in [-0.3, -0.25) is 0 Å². The fourth-order valence-electron chi connectivity index (χ4n) is 0.762. The third-order valence-electron chi connectivity index (χ3n) is 1.34. The van der Waals surface area contributed by atoms with Gasteiger partial charge in [0.25, 0.3) is 0 Å². The first-order valence-electron chi connectivity index (χ1n) is 2.98. The molecule has 1 N–H and O–H groups in total. The van der Waals surface area contributed by atoms with Crippen molar-refractivity contribution in [2.75, 3.05) is 0 Å². The van der Waals surface area contributed by atoms with Gasteiger partial charge in [-0.25, -0.2) is 8.60 Å². The Kier molecular flexibility index (Phi) is 5.20. The van der Waals surface area contributed by atoms with Gasteiger partial charge in [-0.15, -0.1) is 0 Å². The molecule has 0 saturated heterocycles. The second kappa shape index (κ2) is 5.09. The van der Waals surface area contributed by atoms with E-state index in [-0.39, 0.29) is 34.5 Å². The standard InChI is InChI=1S/C7H7FO2S.Na/c1-5-2-3-6(8)4-7(5)11(9)10;/h2-4H,1H3,(H,9,10);. The molecule has 0 amide bonds. The first kappa shape index (κ1) is 12.3. The zero-order chi connectivity index (χ0) is 8.43. The van der Waals surface area contributed by atoms with Crippen LogP contribution in [0.4, 0.5) is 4.39 Å². The molecule has 0 bridgehead atoms. The van der Waals surface area contributed by atoms with Crippen LogP contribution in [0.15, 0.2) is 23.1 Å². The molecule has 12 heavy (non-hydrogen) atoms. The average Bonchev–Trinajstić information content (AvgIpc) is 1.94. The molecule has 0 spiro atoms. The number of hydrogen-bond acceptors (Lipinski definition) is 1. The summed E-state index contributed by atoms with van der Waals surface area (Å²) in [5.41, 5.74) is 0.618. The van der Waals surface area contributed by atoms with E-state index >= 15 is 0 Å². The van der Waals surface area contributed by atoms with E-state index in [0.717, 1.165) is 6.07 Å². The van der Waals surface area contributed by atoms with E-state index in [0.29, 0.717) is 5.56 Å². The first-order valence-corrected chi connectivity index (χ1v) is 4.09. The molecular weight excluding hydrogens is 190 g/mol. The Labute approximate surface area is 94.8 Å². The van der Waals surface area contributed by atoms with Crippen molar-refractivity contribution in [1.29, 1.82) is 0 Å². The van der Waals surface area contributed by atoms with Crippen LogP contribution in [0.5, 0.6) is 0 Å². The summed E-state index contributed by atoms with van der Waals surface area (Å²) < 4.78 is 31.6. The molecule has 0 aliphatic heterocycles. The third kappa shape index (κ3) is 2.95. The molecule has 0 heterocycles. The molecule has 1 radical (unpaired) electrons. The number of aryl methyl sites for hydroxylation is 1. The zero-order valence-electron chi connectivity index (χ0n) is 6.87. The van der Waals surface area contributed by atoms with Crippen LogP contribution < -0.4 is 0 Å². The summed E-state index contributed by atoms with van der Waals surface area (Å²) in [6, 6.07) is 3.79. The predicted molar refractivity (Wildman–Crippen MR) is 45.9 cm³/mol. The van der Waals surface area contributed by atoms with E-state index in [4.69, 9.17) is 4.55 Å². The van der Waals surface area contributed by atoms with Crippen LogP contribution in [0, 0.1) is 12.7 Å². The molecule has 1 aromatic rings. The van der Waals surface area contributed by atoms with Gasteiger partial charge in [0.05, 0.1) is 4.90 Å². The van der Waals surface area contributed by atoms with Crippen LogP contribution in [0.2, 0.25) is 0 Å². The molecule has 0 aromatic heterocycles. The predicted octanol–water partition coefficient (Wildman–Crippen LogP) is 1.33. The fourth-order valence-corrected chi connectivity index (χ4v) is 1.32. The van der Waals surface area contributed by atoms with E-state index in [2.05, 4.69) is 0 Å². The van der Waals surface area contributed by atoms with Crippen molar-refractivity contribution in [3.05, 3.63) is 29.6 Å². The summed E-state index contributed by atoms with van der Waals surface area (Å²) >= 11 is -2.09. The third-order valence-corrected chi connectivity index (χ3v) is 2.15. The van der Waals surface area contributed by atoms with Crippen LogP contribution in [-0.2, 0) is 11.1 Å². The van der Waals surface area contributed by atoms with Crippen molar-refractivity contribution in [1.82, 2.24) is 0 Å². The van der Waals surface area contributed by atoms with E-state index < -0.39 is 16.9 Å². The van der Waals surface area contributed by atoms with Gasteiger partial charge in [0.15, 0.2) is 11.1 Å². The maximum Gasteiger partial charge on any atom is 0.186 e. The molecule has 61 valence electrons. The van der Waals surface area contributed by atoms with E-state index in [9.17, 15) is 8.60 Å². The average molecular weight is 197 g/mol. The summed E-state index contributed by atoms with van der Waals surface area (Å²) in [4.78, 5) is 0.130. The van der Waals surface area contributed by atoms with Crippen LogP contribution in [0.25, 0.3) is 0 Å². The van der Waals surface area contributed by atoms with Gasteiger partial charge in [0, 0.05) is 29.6 Å². The summed E-state index contributed by atoms with van der Waals surface area (Å²) in [7, 11) is 0. The molecule has 1 atom stereocenters. The van der Waals surface area contributed by atoms with Gasteiger partial charge in [-0.2, -0.15) is 0 Å². The van der Waals surface area contributed by atoms with Crippen molar-refractivity contribution in [3.8, 4) is 0 Å². The Morgan fingerprint density at radius 1 is 1.50 bits per heavy atom. The molecule has 0 fully saturated rings. The van der Waals surface area contributed by atoms with Crippen molar-refractivity contribution >= 4 is 40.6 Å². The minimum atomic E-state index is -2.09. The normalized spacial score (nSPS) is 11.9. The molecule has 1 rings (SSSR count). The van der Waals surface area contributed by atoms with Gasteiger partial charge in [-0.05, 0) is 24.6 Å². The Morgan fingerprint density at radius 3 is 2.50 bits per heavy atom. The van der Waals surface area contributed by atoms with E-state index in [1.165, 1.54) is 12.1 Å². The SMILES string of the molecule is Cc1ccc(F)cc1S(=O)O.[Na]. The molecule has 0 saturated carbocycles. The van der Waals surface area contributed by atoms with Crippen LogP contribution in [0.1, 0.15) is 5.56 Å². The monoisotopic (exact) mass is 197 g/mol. The van der Waals surface area contributed by atoms with Crippen LogP contribution in [-0.4, -0.2) is 38.3 Å². The van der Waals surface area contributed by atoms with Crippen molar-refractivity contribution in [2.24, 2.45) is 0 Å². The summed E-state index contributed by atoms with van der Waals surface area (Å²) in [6.07, 6.45) is 0. The molecule has 1 aromatic carbocycles. The number of hydrogen-bond donors (Lipinski definition) is 1. The van der Waals surface area contributed by atoms with Crippen LogP contribution >= 0.6 is 0 Å². The summed E-state index contributed by atoms with van der Waals surface area (Å²) in [5.74, 6) is -0.493. The Morgan fingerprint density at radius 2 is 2.08 bits per heavy atom. The Balaban J connectivity index is 0.00000121.